The van der Waals surface area contributed by atoms with E-state index < -0.39 is 10.8 Å². The van der Waals surface area contributed by atoms with Crippen LogP contribution >= 0.6 is 23.2 Å². The van der Waals surface area contributed by atoms with Crippen LogP contribution in [-0.4, -0.2) is 10.8 Å². The summed E-state index contributed by atoms with van der Waals surface area (Å²) in [5, 5.41) is 14.3. The van der Waals surface area contributed by atoms with Crippen LogP contribution < -0.4 is 5.32 Å². The van der Waals surface area contributed by atoms with Crippen LogP contribution in [0.25, 0.3) is 0 Å². The maximum atomic E-state index is 12.0. The molecule has 0 fully saturated rings. The average molecular weight is 325 g/mol. The first-order valence-electron chi connectivity index (χ1n) is 5.94. The molecule has 1 N–H and O–H groups in total. The minimum atomic E-state index is -0.519. The van der Waals surface area contributed by atoms with Crippen LogP contribution in [0.4, 0.5) is 11.4 Å². The number of hydrogen-bond acceptors (Lipinski definition) is 3. The molecule has 0 bridgehead atoms. The van der Waals surface area contributed by atoms with Crippen molar-refractivity contribution in [2.75, 3.05) is 5.32 Å². The minimum Gasteiger partial charge on any atom is -0.324 e. The molecule has 0 unspecified atom stereocenters. The molecular weight excluding hydrogens is 315 g/mol. The molecule has 108 valence electrons. The Morgan fingerprint density at radius 2 is 1.90 bits per heavy atom. The smallest absolute Gasteiger partial charge is 0.273 e. The van der Waals surface area contributed by atoms with E-state index in [4.69, 9.17) is 23.2 Å². The fourth-order valence-electron chi connectivity index (χ4n) is 1.80. The van der Waals surface area contributed by atoms with Crippen LogP contribution in [0.3, 0.4) is 0 Å². The van der Waals surface area contributed by atoms with Crippen molar-refractivity contribution in [2.24, 2.45) is 0 Å². The summed E-state index contributed by atoms with van der Waals surface area (Å²) in [6.07, 6.45) is -0.125. The molecule has 0 aliphatic rings. The zero-order valence-corrected chi connectivity index (χ0v) is 12.2. The third-order valence-corrected chi connectivity index (χ3v) is 3.31. The molecule has 0 aliphatic heterocycles. The van der Waals surface area contributed by atoms with Crippen LogP contribution in [0.5, 0.6) is 0 Å². The summed E-state index contributed by atoms with van der Waals surface area (Å²) in [5.41, 5.74) is 0.607. The monoisotopic (exact) mass is 324 g/mol. The molecular formula is C14H10Cl2N2O3. The van der Waals surface area contributed by atoms with Gasteiger partial charge in [-0.15, -0.1) is 0 Å². The number of rotatable bonds is 4. The molecule has 0 saturated carbocycles. The molecule has 0 spiro atoms. The third-order valence-electron chi connectivity index (χ3n) is 2.74. The van der Waals surface area contributed by atoms with Gasteiger partial charge < -0.3 is 5.32 Å². The Kier molecular flexibility index (Phi) is 4.77. The Morgan fingerprint density at radius 1 is 1.19 bits per heavy atom. The van der Waals surface area contributed by atoms with Gasteiger partial charge in [-0.1, -0.05) is 41.4 Å². The molecule has 2 aromatic rings. The van der Waals surface area contributed by atoms with Gasteiger partial charge in [0, 0.05) is 16.7 Å². The molecule has 21 heavy (non-hydrogen) atoms. The number of halogens is 2. The van der Waals surface area contributed by atoms with E-state index in [1.807, 2.05) is 0 Å². The van der Waals surface area contributed by atoms with Gasteiger partial charge in [-0.25, -0.2) is 0 Å². The standard InChI is InChI=1S/C14H10Cl2N2O3/c15-10-5-6-11(16)12(8-10)17-14(19)7-9-3-1-2-4-13(9)18(20)21/h1-6,8H,7H2,(H,17,19). The SMILES string of the molecule is O=C(Cc1ccccc1[N+](=O)[O-])Nc1cc(Cl)ccc1Cl. The fraction of sp³-hybridized carbons (Fsp3) is 0.0714. The van der Waals surface area contributed by atoms with Crippen LogP contribution in [0.2, 0.25) is 10.0 Å². The number of carbonyl (C=O) groups excluding carboxylic acids is 1. The van der Waals surface area contributed by atoms with Crippen molar-refractivity contribution in [3.05, 3.63) is 68.2 Å². The second kappa shape index (κ2) is 6.56. The molecule has 2 rings (SSSR count). The number of nitrogens with zero attached hydrogens (tertiary/aromatic N) is 1. The number of para-hydroxylation sites is 1. The summed E-state index contributed by atoms with van der Waals surface area (Å²) in [5.74, 6) is -0.409. The number of nitrogens with one attached hydrogen (secondary N) is 1. The summed E-state index contributed by atoms with van der Waals surface area (Å²) in [7, 11) is 0. The largest absolute Gasteiger partial charge is 0.324 e. The quantitative estimate of drug-likeness (QED) is 0.680. The van der Waals surface area contributed by atoms with Gasteiger partial charge in [-0.05, 0) is 18.2 Å². The van der Waals surface area contributed by atoms with Gasteiger partial charge in [0.05, 0.1) is 22.1 Å². The zero-order chi connectivity index (χ0) is 15.4. The molecule has 7 heteroatoms. The van der Waals surface area contributed by atoms with E-state index in [1.165, 1.54) is 18.2 Å². The van der Waals surface area contributed by atoms with E-state index in [9.17, 15) is 14.9 Å². The summed E-state index contributed by atoms with van der Waals surface area (Å²) < 4.78 is 0. The minimum absolute atomic E-state index is 0.0927. The highest BCUT2D eigenvalue weighted by atomic mass is 35.5. The molecule has 0 aromatic heterocycles. The molecule has 0 saturated heterocycles. The first-order valence-corrected chi connectivity index (χ1v) is 6.70. The molecule has 0 aliphatic carbocycles. The fourth-order valence-corrected chi connectivity index (χ4v) is 2.14. The summed E-state index contributed by atoms with van der Waals surface area (Å²) in [6.45, 7) is 0. The number of hydrogen-bond donors (Lipinski definition) is 1. The molecule has 0 atom stereocenters. The van der Waals surface area contributed by atoms with Gasteiger partial charge in [0.15, 0.2) is 0 Å². The van der Waals surface area contributed by atoms with Crippen LogP contribution in [0, 0.1) is 10.1 Å². The van der Waals surface area contributed by atoms with Crippen molar-refractivity contribution in [1.29, 1.82) is 0 Å². The van der Waals surface area contributed by atoms with Gasteiger partial charge in [-0.2, -0.15) is 0 Å². The van der Waals surface area contributed by atoms with Gasteiger partial charge >= 0.3 is 0 Å². The van der Waals surface area contributed by atoms with E-state index in [1.54, 1.807) is 24.3 Å². The van der Waals surface area contributed by atoms with Crippen molar-refractivity contribution in [3.63, 3.8) is 0 Å². The van der Waals surface area contributed by atoms with E-state index in [0.717, 1.165) is 0 Å². The first kappa shape index (κ1) is 15.3. The second-order valence-corrected chi connectivity index (χ2v) is 5.08. The lowest BCUT2D eigenvalue weighted by atomic mass is 10.1. The molecule has 5 nitrogen and oxygen atoms in total. The van der Waals surface area contributed by atoms with E-state index in [0.29, 0.717) is 21.3 Å². The third kappa shape index (κ3) is 3.93. The zero-order valence-electron chi connectivity index (χ0n) is 10.7. The Morgan fingerprint density at radius 3 is 2.62 bits per heavy atom. The Bertz CT molecular complexity index is 704. The van der Waals surface area contributed by atoms with Crippen LogP contribution in [-0.2, 0) is 11.2 Å². The summed E-state index contributed by atoms with van der Waals surface area (Å²) in [4.78, 5) is 22.4. The summed E-state index contributed by atoms with van der Waals surface area (Å²) >= 11 is 11.8. The topological polar surface area (TPSA) is 72.2 Å². The maximum Gasteiger partial charge on any atom is 0.273 e. The van der Waals surface area contributed by atoms with Crippen molar-refractivity contribution >= 4 is 40.5 Å². The Balaban J connectivity index is 2.16. The van der Waals surface area contributed by atoms with Crippen LogP contribution in [0.1, 0.15) is 5.56 Å². The number of benzene rings is 2. The molecule has 1 amide bonds. The van der Waals surface area contributed by atoms with Crippen molar-refractivity contribution < 1.29 is 9.72 Å². The van der Waals surface area contributed by atoms with E-state index in [2.05, 4.69) is 5.32 Å². The van der Waals surface area contributed by atoms with E-state index >= 15 is 0 Å². The maximum absolute atomic E-state index is 12.0. The highest BCUT2D eigenvalue weighted by Gasteiger charge is 2.16. The number of anilines is 1. The number of carbonyl (C=O) groups is 1. The molecule has 2 aromatic carbocycles. The normalized spacial score (nSPS) is 10.2. The van der Waals surface area contributed by atoms with Crippen LogP contribution in [0.15, 0.2) is 42.5 Å². The highest BCUT2D eigenvalue weighted by molar-refractivity contribution is 6.35. The Hall–Kier alpha value is -2.11. The molecule has 0 radical (unpaired) electrons. The van der Waals surface area contributed by atoms with Crippen molar-refractivity contribution in [1.82, 2.24) is 0 Å². The average Bonchev–Trinajstić information content (AvgIpc) is 2.43. The number of nitro benzene ring substituents is 1. The molecule has 0 heterocycles. The van der Waals surface area contributed by atoms with E-state index in [-0.39, 0.29) is 12.1 Å². The first-order chi connectivity index (χ1) is 9.97. The predicted octanol–water partition coefficient (Wildman–Crippen LogP) is 4.08. The number of amides is 1. The lowest BCUT2D eigenvalue weighted by Gasteiger charge is -2.08. The number of nitro groups is 1. The van der Waals surface area contributed by atoms with Gasteiger partial charge in [0.25, 0.3) is 5.69 Å². The lowest BCUT2D eigenvalue weighted by Crippen LogP contribution is -2.15. The Labute approximate surface area is 130 Å². The van der Waals surface area contributed by atoms with Crippen molar-refractivity contribution in [3.8, 4) is 0 Å². The van der Waals surface area contributed by atoms with Crippen molar-refractivity contribution in [2.45, 2.75) is 6.42 Å². The predicted molar refractivity (Wildman–Crippen MR) is 81.9 cm³/mol. The van der Waals surface area contributed by atoms with Gasteiger partial charge in [0.1, 0.15) is 0 Å². The second-order valence-electron chi connectivity index (χ2n) is 4.23. The summed E-state index contributed by atoms with van der Waals surface area (Å²) in [6, 6.07) is 10.8. The van der Waals surface area contributed by atoms with Gasteiger partial charge in [0.2, 0.25) is 5.91 Å². The highest BCUT2D eigenvalue weighted by Crippen LogP contribution is 2.26. The van der Waals surface area contributed by atoms with Gasteiger partial charge in [-0.3, -0.25) is 14.9 Å². The lowest BCUT2D eigenvalue weighted by molar-refractivity contribution is -0.385.